The van der Waals surface area contributed by atoms with Gasteiger partial charge in [-0.15, -0.1) is 11.8 Å². The quantitative estimate of drug-likeness (QED) is 0.306. The summed E-state index contributed by atoms with van der Waals surface area (Å²) in [6.07, 6.45) is 1.81. The summed E-state index contributed by atoms with van der Waals surface area (Å²) < 4.78 is 58.4. The van der Waals surface area contributed by atoms with Crippen LogP contribution in [-0.4, -0.2) is 48.9 Å². The molecule has 4 rings (SSSR count). The zero-order valence-electron chi connectivity index (χ0n) is 19.8. The van der Waals surface area contributed by atoms with Gasteiger partial charge in [0, 0.05) is 16.6 Å². The second-order valence-corrected chi connectivity index (χ2v) is 10.5. The van der Waals surface area contributed by atoms with Gasteiger partial charge in [0.1, 0.15) is 18.0 Å². The summed E-state index contributed by atoms with van der Waals surface area (Å²) in [5.41, 5.74) is 4.47. The molecule has 0 amide bonds. The number of rotatable bonds is 7. The lowest BCUT2D eigenvalue weighted by Gasteiger charge is -2.13. The molecule has 2 aromatic carbocycles. The fourth-order valence-corrected chi connectivity index (χ4v) is 4.79. The molecule has 37 heavy (non-hydrogen) atoms. The van der Waals surface area contributed by atoms with Gasteiger partial charge in [0.25, 0.3) is 0 Å². The van der Waals surface area contributed by atoms with E-state index in [0.717, 1.165) is 23.4 Å². The van der Waals surface area contributed by atoms with Crippen molar-refractivity contribution in [3.8, 4) is 0 Å². The van der Waals surface area contributed by atoms with E-state index in [4.69, 9.17) is 9.90 Å². The minimum atomic E-state index is -5.08. The topological polar surface area (TPSA) is 133 Å². The zero-order valence-corrected chi connectivity index (χ0v) is 21.4. The molecule has 0 spiro atoms. The van der Waals surface area contributed by atoms with Gasteiger partial charge >= 0.3 is 12.1 Å². The van der Waals surface area contributed by atoms with Crippen LogP contribution in [0.1, 0.15) is 17.5 Å². The van der Waals surface area contributed by atoms with Gasteiger partial charge in [0.05, 0.1) is 10.6 Å². The number of hydrogen-bond donors (Lipinski definition) is 4. The van der Waals surface area contributed by atoms with Gasteiger partial charge in [-0.05, 0) is 74.0 Å². The maximum absolute atomic E-state index is 12.2. The minimum absolute atomic E-state index is 0.191. The van der Waals surface area contributed by atoms with E-state index in [-0.39, 0.29) is 4.90 Å². The summed E-state index contributed by atoms with van der Waals surface area (Å²) in [5.74, 6) is -1.52. The Morgan fingerprint density at radius 1 is 1.00 bits per heavy atom. The molecule has 0 bridgehead atoms. The van der Waals surface area contributed by atoms with Gasteiger partial charge < -0.3 is 15.7 Å². The molecular formula is C23H24F3N5O4S2. The van der Waals surface area contributed by atoms with Crippen molar-refractivity contribution in [1.82, 2.24) is 14.7 Å². The van der Waals surface area contributed by atoms with Crippen LogP contribution in [0.4, 0.5) is 36.2 Å². The van der Waals surface area contributed by atoms with E-state index >= 15 is 0 Å². The highest BCUT2D eigenvalue weighted by molar-refractivity contribution is 7.98. The van der Waals surface area contributed by atoms with E-state index < -0.39 is 22.2 Å². The highest BCUT2D eigenvalue weighted by Crippen LogP contribution is 2.31. The smallest absolute Gasteiger partial charge is 0.475 e. The lowest BCUT2D eigenvalue weighted by molar-refractivity contribution is -0.192. The first kappa shape index (κ1) is 28.2. The van der Waals surface area contributed by atoms with E-state index in [1.54, 1.807) is 24.3 Å². The number of aliphatic carboxylic acids is 1. The zero-order chi connectivity index (χ0) is 27.2. The van der Waals surface area contributed by atoms with Crippen LogP contribution in [0.15, 0.2) is 58.6 Å². The molecule has 0 atom stereocenters. The first-order chi connectivity index (χ1) is 17.4. The maximum Gasteiger partial charge on any atom is 0.490 e. The number of aromatic nitrogens is 2. The number of fused-ring (bicyclic) bond motifs is 1. The van der Waals surface area contributed by atoms with E-state index in [9.17, 15) is 21.6 Å². The molecule has 4 N–H and O–H groups in total. The van der Waals surface area contributed by atoms with Crippen molar-refractivity contribution < 1.29 is 31.5 Å². The van der Waals surface area contributed by atoms with Gasteiger partial charge in [-0.1, -0.05) is 6.07 Å². The molecular weight excluding hydrogens is 531 g/mol. The van der Waals surface area contributed by atoms with Gasteiger partial charge in [0.2, 0.25) is 10.0 Å². The molecule has 0 fully saturated rings. The molecule has 0 saturated carbocycles. The number of nitrogens with one attached hydrogen (secondary N) is 3. The van der Waals surface area contributed by atoms with E-state index in [1.165, 1.54) is 42.7 Å². The minimum Gasteiger partial charge on any atom is -0.475 e. The Kier molecular flexibility index (Phi) is 8.99. The Balaban J connectivity index is 0.000000479. The summed E-state index contributed by atoms with van der Waals surface area (Å²) in [7, 11) is -2.14. The van der Waals surface area contributed by atoms with Crippen LogP contribution in [0.25, 0.3) is 0 Å². The molecule has 3 aromatic rings. The molecule has 9 nitrogen and oxygen atoms in total. The van der Waals surface area contributed by atoms with Crippen molar-refractivity contribution in [2.45, 2.75) is 35.2 Å². The molecule has 0 unspecified atom stereocenters. The first-order valence-corrected chi connectivity index (χ1v) is 13.5. The Bertz CT molecular complexity index is 1390. The number of carbonyl (C=O) groups is 1. The third kappa shape index (κ3) is 7.57. The van der Waals surface area contributed by atoms with Crippen molar-refractivity contribution in [3.63, 3.8) is 0 Å². The number of thioether (sulfide) groups is 1. The molecule has 0 saturated heterocycles. The standard InChI is InChI=1S/C21H23N5O2S2.C2HF3O2/c1-22-30(27,28)17-8-9-19(29-2)18(11-17)26-21-12-20(23-13-24-21)25-16-7-6-14-4-3-5-15(14)10-16;3-2(4,5)1(6)7/h6-13,22H,3-5H2,1-2H3,(H2,23,24,25,26);(H,6,7). The average molecular weight is 556 g/mol. The molecule has 198 valence electrons. The number of hydrogen-bond acceptors (Lipinski definition) is 8. The van der Waals surface area contributed by atoms with Crippen molar-refractivity contribution >= 4 is 50.8 Å². The fraction of sp³-hybridized carbons (Fsp3) is 0.261. The second-order valence-electron chi connectivity index (χ2n) is 7.75. The Morgan fingerprint density at radius 2 is 1.65 bits per heavy atom. The van der Waals surface area contributed by atoms with E-state index in [1.807, 2.05) is 6.26 Å². The third-order valence-electron chi connectivity index (χ3n) is 5.29. The fourth-order valence-electron chi connectivity index (χ4n) is 3.50. The first-order valence-electron chi connectivity index (χ1n) is 10.8. The number of carboxylic acids is 1. The maximum atomic E-state index is 12.2. The lowest BCUT2D eigenvalue weighted by Crippen LogP contribution is -2.21. The van der Waals surface area contributed by atoms with Crippen molar-refractivity contribution in [2.24, 2.45) is 0 Å². The van der Waals surface area contributed by atoms with Crippen LogP contribution >= 0.6 is 11.8 Å². The summed E-state index contributed by atoms with van der Waals surface area (Å²) in [6, 6.07) is 13.2. The van der Waals surface area contributed by atoms with Crippen LogP contribution in [0, 0.1) is 0 Å². The summed E-state index contributed by atoms with van der Waals surface area (Å²) in [6.45, 7) is 0. The molecule has 0 aliphatic heterocycles. The highest BCUT2D eigenvalue weighted by atomic mass is 32.2. The molecule has 1 aromatic heterocycles. The summed E-state index contributed by atoms with van der Waals surface area (Å²) in [5, 5.41) is 13.7. The van der Waals surface area contributed by atoms with Crippen LogP contribution < -0.4 is 15.4 Å². The molecule has 14 heteroatoms. The van der Waals surface area contributed by atoms with Crippen LogP contribution in [0.5, 0.6) is 0 Å². The van der Waals surface area contributed by atoms with Crippen LogP contribution in [0.2, 0.25) is 0 Å². The average Bonchev–Trinajstić information content (AvgIpc) is 3.32. The Labute approximate surface area is 216 Å². The molecule has 1 heterocycles. The predicted octanol–water partition coefficient (Wildman–Crippen LogP) is 4.72. The number of sulfonamides is 1. The summed E-state index contributed by atoms with van der Waals surface area (Å²) in [4.78, 5) is 18.6. The predicted molar refractivity (Wildman–Crippen MR) is 135 cm³/mol. The molecule has 0 radical (unpaired) electrons. The number of alkyl halides is 3. The number of carboxylic acid groups (broad SMARTS) is 1. The molecule has 1 aliphatic carbocycles. The SMILES string of the molecule is CNS(=O)(=O)c1ccc(SC)c(Nc2cc(Nc3ccc4c(c3)CCC4)ncn2)c1.O=C(O)C(F)(F)F. The van der Waals surface area contributed by atoms with Crippen molar-refractivity contribution in [3.05, 3.63) is 59.9 Å². The molecule has 1 aliphatic rings. The van der Waals surface area contributed by atoms with Crippen molar-refractivity contribution in [1.29, 1.82) is 0 Å². The van der Waals surface area contributed by atoms with Gasteiger partial charge in [-0.3, -0.25) is 0 Å². The number of nitrogens with zero attached hydrogens (tertiary/aromatic N) is 2. The number of benzene rings is 2. The monoisotopic (exact) mass is 555 g/mol. The van der Waals surface area contributed by atoms with Crippen LogP contribution in [0.3, 0.4) is 0 Å². The van der Waals surface area contributed by atoms with Crippen LogP contribution in [-0.2, 0) is 27.7 Å². The third-order valence-corrected chi connectivity index (χ3v) is 7.50. The van der Waals surface area contributed by atoms with E-state index in [2.05, 4.69) is 43.5 Å². The largest absolute Gasteiger partial charge is 0.490 e. The Hall–Kier alpha value is -3.36. The normalized spacial score (nSPS) is 12.8. The number of anilines is 4. The van der Waals surface area contributed by atoms with Gasteiger partial charge in [-0.25, -0.2) is 27.9 Å². The summed E-state index contributed by atoms with van der Waals surface area (Å²) >= 11 is 1.52. The van der Waals surface area contributed by atoms with Gasteiger partial charge in [-0.2, -0.15) is 13.2 Å². The Morgan fingerprint density at radius 3 is 2.27 bits per heavy atom. The number of aryl methyl sites for hydroxylation is 2. The number of halogens is 3. The van der Waals surface area contributed by atoms with Gasteiger partial charge in [0.15, 0.2) is 0 Å². The lowest BCUT2D eigenvalue weighted by atomic mass is 10.1. The second kappa shape index (κ2) is 11.8. The van der Waals surface area contributed by atoms with E-state index in [0.29, 0.717) is 17.3 Å². The van der Waals surface area contributed by atoms with Crippen molar-refractivity contribution in [2.75, 3.05) is 23.9 Å². The highest BCUT2D eigenvalue weighted by Gasteiger charge is 2.38.